The minimum Gasteiger partial charge on any atom is -0.478 e. The highest BCUT2D eigenvalue weighted by molar-refractivity contribution is 6.31. The molecule has 10 heteroatoms. The van der Waals surface area contributed by atoms with Crippen molar-refractivity contribution in [1.82, 2.24) is 14.7 Å². The Hall–Kier alpha value is -3.17. The van der Waals surface area contributed by atoms with E-state index in [1.807, 2.05) is 18.2 Å². The van der Waals surface area contributed by atoms with Gasteiger partial charge in [0.2, 0.25) is 0 Å². The summed E-state index contributed by atoms with van der Waals surface area (Å²) in [6.45, 7) is 6.69. The van der Waals surface area contributed by atoms with Crippen LogP contribution in [0.1, 0.15) is 60.6 Å². The summed E-state index contributed by atoms with van der Waals surface area (Å²) >= 11 is 6.45. The number of nitrogens with zero attached hydrogens (tertiary/aromatic N) is 5. The fraction of sp³-hybridized carbons (Fsp3) is 0.484. The molecule has 0 amide bonds. The van der Waals surface area contributed by atoms with Crippen molar-refractivity contribution in [3.05, 3.63) is 64.9 Å². The lowest BCUT2D eigenvalue weighted by atomic mass is 9.85. The van der Waals surface area contributed by atoms with Crippen LogP contribution in [0.5, 0.6) is 0 Å². The molecule has 0 spiro atoms. The lowest BCUT2D eigenvalue weighted by Gasteiger charge is -2.39. The zero-order valence-corrected chi connectivity index (χ0v) is 23.8. The van der Waals surface area contributed by atoms with Crippen molar-refractivity contribution in [1.29, 1.82) is 0 Å². The number of piperidine rings is 1. The van der Waals surface area contributed by atoms with E-state index in [1.165, 1.54) is 36.2 Å². The maximum Gasteiger partial charge on any atom is 0.339 e. The molecule has 2 aromatic carbocycles. The number of rotatable bonds is 8. The third kappa shape index (κ3) is 5.93. The number of hydrogen-bond donors (Lipinski definition) is 1. The molecule has 2 saturated heterocycles. The number of carboxylic acid groups (broad SMARTS) is 1. The molecular weight excluding hydrogens is 548 g/mol. The number of hydrogen-bond acceptors (Lipinski definition) is 5. The molecule has 1 N–H and O–H groups in total. The van der Waals surface area contributed by atoms with Crippen LogP contribution < -0.4 is 9.80 Å². The Morgan fingerprint density at radius 1 is 0.976 bits per heavy atom. The minimum absolute atomic E-state index is 0.377. The highest BCUT2D eigenvalue weighted by Crippen LogP contribution is 2.38. The second kappa shape index (κ2) is 12.0. The number of piperazine rings is 1. The van der Waals surface area contributed by atoms with E-state index < -0.39 is 23.7 Å². The van der Waals surface area contributed by atoms with Crippen LogP contribution in [0.15, 0.2) is 48.7 Å². The Balaban J connectivity index is 1.19. The standard InChI is InChI=1S/C31H36ClF2N5O2/c32-23-8-11-26(22-6-9-24(10-7-22)37-15-13-36(14-16-37)19-21-3-1-4-21)28(17-23)38-12-2-5-25(20-38)39-29(30(33)34)27(18-35-39)31(40)41/h6-11,17-18,21,25,30H,1-5,12-16,19-20H2,(H,40,41). The minimum atomic E-state index is -2.93. The molecule has 6 rings (SSSR count). The molecule has 0 radical (unpaired) electrons. The van der Waals surface area contributed by atoms with Crippen molar-refractivity contribution in [3.63, 3.8) is 0 Å². The molecule has 1 aliphatic carbocycles. The second-order valence-corrected chi connectivity index (χ2v) is 12.0. The molecule has 7 nitrogen and oxygen atoms in total. The van der Waals surface area contributed by atoms with Gasteiger partial charge in [0.15, 0.2) is 0 Å². The van der Waals surface area contributed by atoms with Crippen LogP contribution >= 0.6 is 11.6 Å². The van der Waals surface area contributed by atoms with Crippen molar-refractivity contribution in [2.75, 3.05) is 55.6 Å². The molecule has 1 unspecified atom stereocenters. The van der Waals surface area contributed by atoms with E-state index >= 15 is 0 Å². The lowest BCUT2D eigenvalue weighted by molar-refractivity contribution is 0.0681. The zero-order valence-electron chi connectivity index (χ0n) is 23.1. The maximum absolute atomic E-state index is 13.9. The Kier molecular flexibility index (Phi) is 8.17. The van der Waals surface area contributed by atoms with E-state index in [0.717, 1.165) is 68.1 Å². The lowest BCUT2D eigenvalue weighted by Crippen LogP contribution is -2.48. The van der Waals surface area contributed by atoms with E-state index in [2.05, 4.69) is 44.1 Å². The third-order valence-electron chi connectivity index (χ3n) is 8.97. The van der Waals surface area contributed by atoms with Crippen molar-refractivity contribution >= 4 is 28.9 Å². The van der Waals surface area contributed by atoms with E-state index in [1.54, 1.807) is 0 Å². The Labute approximate surface area is 244 Å². The van der Waals surface area contributed by atoms with Crippen LogP contribution in [0.25, 0.3) is 11.1 Å². The van der Waals surface area contributed by atoms with Gasteiger partial charge in [0.25, 0.3) is 6.43 Å². The maximum atomic E-state index is 13.9. The first-order chi connectivity index (χ1) is 19.9. The largest absolute Gasteiger partial charge is 0.478 e. The highest BCUT2D eigenvalue weighted by atomic mass is 35.5. The molecule has 3 fully saturated rings. The van der Waals surface area contributed by atoms with Crippen LogP contribution in [-0.2, 0) is 0 Å². The number of carboxylic acids is 1. The van der Waals surface area contributed by atoms with E-state index in [-0.39, 0.29) is 6.04 Å². The number of alkyl halides is 2. The van der Waals surface area contributed by atoms with Gasteiger partial charge in [0.1, 0.15) is 11.3 Å². The average molecular weight is 584 g/mol. The van der Waals surface area contributed by atoms with Gasteiger partial charge in [0.05, 0.1) is 12.2 Å². The third-order valence-corrected chi connectivity index (χ3v) is 9.21. The van der Waals surface area contributed by atoms with Crippen LogP contribution in [0.2, 0.25) is 5.02 Å². The average Bonchev–Trinajstić information content (AvgIpc) is 3.42. The summed E-state index contributed by atoms with van der Waals surface area (Å²) in [6.07, 6.45) is 3.66. The molecule has 3 aromatic rings. The number of aromatic nitrogens is 2. The van der Waals surface area contributed by atoms with Crippen molar-refractivity contribution < 1.29 is 18.7 Å². The van der Waals surface area contributed by atoms with Gasteiger partial charge in [-0.25, -0.2) is 13.6 Å². The fourth-order valence-electron chi connectivity index (χ4n) is 6.51. The molecule has 1 aromatic heterocycles. The number of halogens is 3. The van der Waals surface area contributed by atoms with Gasteiger partial charge in [-0.05, 0) is 61.4 Å². The van der Waals surface area contributed by atoms with Crippen LogP contribution in [-0.4, -0.2) is 71.6 Å². The van der Waals surface area contributed by atoms with Gasteiger partial charge in [-0.1, -0.05) is 36.2 Å². The summed E-state index contributed by atoms with van der Waals surface area (Å²) in [4.78, 5) is 18.7. The summed E-state index contributed by atoms with van der Waals surface area (Å²) < 4.78 is 29.0. The van der Waals surface area contributed by atoms with Gasteiger partial charge in [-0.3, -0.25) is 9.58 Å². The first-order valence-electron chi connectivity index (χ1n) is 14.6. The number of benzene rings is 2. The number of aromatic carboxylic acids is 1. The van der Waals surface area contributed by atoms with Gasteiger partial charge >= 0.3 is 5.97 Å². The molecule has 1 saturated carbocycles. The summed E-state index contributed by atoms with van der Waals surface area (Å²) in [5, 5.41) is 14.1. The van der Waals surface area contributed by atoms with Crippen molar-refractivity contribution in [2.24, 2.45) is 5.92 Å². The molecule has 3 aliphatic rings. The molecule has 3 heterocycles. The Morgan fingerprint density at radius 2 is 1.73 bits per heavy atom. The van der Waals surface area contributed by atoms with Crippen LogP contribution in [0.4, 0.5) is 20.2 Å². The smallest absolute Gasteiger partial charge is 0.339 e. The van der Waals surface area contributed by atoms with E-state index in [4.69, 9.17) is 11.6 Å². The predicted molar refractivity (Wildman–Crippen MR) is 158 cm³/mol. The zero-order chi connectivity index (χ0) is 28.5. The topological polar surface area (TPSA) is 64.8 Å². The number of carbonyl (C=O) groups is 1. The molecule has 41 heavy (non-hydrogen) atoms. The monoisotopic (exact) mass is 583 g/mol. The molecule has 1 atom stereocenters. The van der Waals surface area contributed by atoms with Crippen molar-refractivity contribution in [3.8, 4) is 11.1 Å². The molecule has 2 aliphatic heterocycles. The first-order valence-corrected chi connectivity index (χ1v) is 15.0. The van der Waals surface area contributed by atoms with Crippen molar-refractivity contribution in [2.45, 2.75) is 44.6 Å². The van der Waals surface area contributed by atoms with Gasteiger partial charge in [0, 0.05) is 67.8 Å². The van der Waals surface area contributed by atoms with Gasteiger partial charge in [-0.2, -0.15) is 5.10 Å². The normalized spacial score (nSPS) is 20.4. The van der Waals surface area contributed by atoms with Crippen LogP contribution in [0.3, 0.4) is 0 Å². The number of anilines is 2. The van der Waals surface area contributed by atoms with E-state index in [9.17, 15) is 18.7 Å². The SMILES string of the molecule is O=C(O)c1cnn(C2CCCN(c3cc(Cl)ccc3-c3ccc(N4CCN(CC5CCC5)CC4)cc3)C2)c1C(F)F. The Morgan fingerprint density at radius 3 is 2.39 bits per heavy atom. The first kappa shape index (κ1) is 28.0. The summed E-state index contributed by atoms with van der Waals surface area (Å²) in [5.74, 6) is -0.493. The summed E-state index contributed by atoms with van der Waals surface area (Å²) in [5.41, 5.74) is 3.26. The predicted octanol–water partition coefficient (Wildman–Crippen LogP) is 6.60. The van der Waals surface area contributed by atoms with E-state index in [0.29, 0.717) is 18.0 Å². The van der Waals surface area contributed by atoms with Gasteiger partial charge < -0.3 is 14.9 Å². The highest BCUT2D eigenvalue weighted by Gasteiger charge is 2.31. The van der Waals surface area contributed by atoms with Gasteiger partial charge in [-0.15, -0.1) is 0 Å². The Bertz CT molecular complexity index is 1370. The quantitative estimate of drug-likeness (QED) is 0.322. The molecule has 218 valence electrons. The second-order valence-electron chi connectivity index (χ2n) is 11.5. The molecular formula is C31H36ClF2N5O2. The fourth-order valence-corrected chi connectivity index (χ4v) is 6.68. The summed E-state index contributed by atoms with van der Waals surface area (Å²) in [6, 6.07) is 14.1. The molecule has 0 bridgehead atoms. The summed E-state index contributed by atoms with van der Waals surface area (Å²) in [7, 11) is 0. The van der Waals surface area contributed by atoms with Crippen LogP contribution in [0, 0.1) is 5.92 Å².